The first-order valence-corrected chi connectivity index (χ1v) is 36.2. The maximum atomic E-state index is 13.3. The van der Waals surface area contributed by atoms with Crippen molar-refractivity contribution in [1.29, 1.82) is 0 Å². The van der Waals surface area contributed by atoms with E-state index in [9.17, 15) is 65.6 Å². The number of benzene rings is 8. The summed E-state index contributed by atoms with van der Waals surface area (Å²) in [6, 6.07) is 37.8. The number of hydrogen-bond donors (Lipinski definition) is 2. The minimum absolute atomic E-state index is 0. The van der Waals surface area contributed by atoms with E-state index in [-0.39, 0.29) is 133 Å². The summed E-state index contributed by atoms with van der Waals surface area (Å²) in [5, 5.41) is 11.7. The van der Waals surface area contributed by atoms with Gasteiger partial charge < -0.3 is 40.4 Å². The van der Waals surface area contributed by atoms with E-state index in [0.717, 1.165) is 53.9 Å². The molecule has 4 aliphatic heterocycles. The Balaban J connectivity index is 0.000000281. The molecule has 0 fully saturated rings. The zero-order valence-electron chi connectivity index (χ0n) is 53.3. The van der Waals surface area contributed by atoms with Crippen molar-refractivity contribution in [1.82, 2.24) is 5.32 Å². The molecule has 8 aromatic carbocycles. The molecule has 4 heterocycles. The molecule has 4 aliphatic rings. The second kappa shape index (κ2) is 38.9. The number of nitrogens with one attached hydrogen (secondary N) is 1. The number of sulfone groups is 4. The molecule has 4 unspecified atom stereocenters. The Labute approximate surface area is 622 Å². The molecule has 538 valence electrons. The first-order valence-electron chi connectivity index (χ1n) is 29.9. The van der Waals surface area contributed by atoms with E-state index in [2.05, 4.69) is 10.3 Å². The topological polar surface area (TPSA) is 328 Å². The number of isocyanates is 1. The van der Waals surface area contributed by atoms with Gasteiger partial charge in [0.15, 0.2) is 0 Å². The molecule has 0 amide bonds. The van der Waals surface area contributed by atoms with Gasteiger partial charge in [0, 0.05) is 30.7 Å². The van der Waals surface area contributed by atoms with Crippen LogP contribution in [0.15, 0.2) is 214 Å². The largest absolute Gasteiger partial charge is 1.00 e. The molecule has 8 aromatic rings. The normalized spacial score (nSPS) is 15.9. The van der Waals surface area contributed by atoms with Gasteiger partial charge in [-0.2, -0.15) is 0 Å². The van der Waals surface area contributed by atoms with Crippen LogP contribution in [0.4, 0.5) is 17.6 Å². The summed E-state index contributed by atoms with van der Waals surface area (Å²) in [7, 11) is -13.4. The molecule has 0 saturated carbocycles. The number of ether oxygens (including phenoxy) is 4. The number of carboxylic acids is 1. The van der Waals surface area contributed by atoms with Crippen LogP contribution in [0.1, 0.15) is 99.3 Å². The van der Waals surface area contributed by atoms with Crippen LogP contribution in [-0.2, 0) is 53.7 Å². The standard InChI is InChI=1S/C17H14ClFO4S.C17H14FNO4S.C17H18FNO3S.C17H15FO5S.2CH4.ClH.N3.Na/c18-17(20)8-11-6-7-23-16-10-14(4-5-15(11)16)24(21,22)13-3-1-2-12(19)9-13;18-13-2-1-3-14(8-13)24(21,22)15-4-5-16-12(10-19-11-20)6-7-23-17(16)9-15;1-19-11-12-7-8-22-17-10-15(5-6-16(12)17)23(20,21)14-4-2-3-13(18)9-14;18-12-2-1-3-13(9-12)24(21,22)14-4-5-15-11(8-17(19)20)6-7-23-16(15)10-14;;;;1-3-2;/h1-5,9-11H,6-8H2;1-5,8-9,12H,6-7,10H2;2-6,9-10,12,19H,7-8,11H2,1H3;1-5,9-11H,6-8H2,(H,19,20);2*1H4;1H;;/q;;;;;;;-1;+1. The van der Waals surface area contributed by atoms with E-state index in [1.54, 1.807) is 30.3 Å². The van der Waals surface area contributed by atoms with Gasteiger partial charge >= 0.3 is 35.5 Å². The van der Waals surface area contributed by atoms with Gasteiger partial charge in [0.05, 0.1) is 78.6 Å². The first-order chi connectivity index (χ1) is 46.7. The van der Waals surface area contributed by atoms with E-state index < -0.39 is 73.8 Å². The van der Waals surface area contributed by atoms with Crippen molar-refractivity contribution in [3.05, 3.63) is 231 Å². The first kappa shape index (κ1) is 86.3. The van der Waals surface area contributed by atoms with Gasteiger partial charge in [-0.25, -0.2) is 61.0 Å². The zero-order valence-corrected chi connectivity index (χ0v) is 60.1. The fourth-order valence-corrected chi connectivity index (χ4v) is 16.6. The molecule has 102 heavy (non-hydrogen) atoms. The van der Waals surface area contributed by atoms with Crippen LogP contribution < -0.4 is 53.8 Å². The third-order valence-corrected chi connectivity index (χ3v) is 23.1. The summed E-state index contributed by atoms with van der Waals surface area (Å²) in [6.45, 7) is 2.78. The number of halogens is 6. The molecular formula is C70H70Cl2F4N5NaO16S4. The molecule has 0 spiro atoms. The van der Waals surface area contributed by atoms with E-state index in [1.165, 1.54) is 126 Å². The van der Waals surface area contributed by atoms with Gasteiger partial charge in [0.1, 0.15) is 46.3 Å². The minimum Gasteiger partial charge on any atom is -0.493 e. The number of likely N-dealkylation sites (N-methyl/N-ethyl adjacent to an activating group) is 1. The Morgan fingerprint density at radius 3 is 1.03 bits per heavy atom. The number of carboxylic acid groups (broad SMARTS) is 1. The molecule has 12 rings (SSSR count). The molecule has 21 nitrogen and oxygen atoms in total. The maximum Gasteiger partial charge on any atom is 1.00 e. The number of aliphatic imine (C=N–C) groups is 1. The van der Waals surface area contributed by atoms with Crippen molar-refractivity contribution < 1.29 is 119 Å². The number of nitrogens with zero attached hydrogens (tertiary/aromatic N) is 4. The van der Waals surface area contributed by atoms with Gasteiger partial charge in [-0.1, -0.05) is 63.4 Å². The van der Waals surface area contributed by atoms with Crippen molar-refractivity contribution >= 4 is 80.6 Å². The van der Waals surface area contributed by atoms with Gasteiger partial charge in [-0.15, -0.1) is 12.4 Å². The summed E-state index contributed by atoms with van der Waals surface area (Å²) in [5.74, 6) is -1.54. The molecule has 0 saturated heterocycles. The third-order valence-electron chi connectivity index (χ3n) is 15.9. The number of carbonyl (C=O) groups excluding carboxylic acids is 2. The summed E-state index contributed by atoms with van der Waals surface area (Å²) in [5.41, 5.74) is 16.7. The molecule has 0 aliphatic carbocycles. The van der Waals surface area contributed by atoms with Gasteiger partial charge in [0.25, 0.3) is 0 Å². The summed E-state index contributed by atoms with van der Waals surface area (Å²) in [4.78, 5) is 37.2. The summed E-state index contributed by atoms with van der Waals surface area (Å²) >= 11 is 5.47. The van der Waals surface area contributed by atoms with Crippen LogP contribution in [0.5, 0.6) is 23.0 Å². The van der Waals surface area contributed by atoms with Crippen LogP contribution in [-0.4, -0.2) is 103 Å². The average Bonchev–Trinajstić information content (AvgIpc) is 0.805. The number of aliphatic carboxylic acids is 1. The van der Waals surface area contributed by atoms with Crippen LogP contribution in [0, 0.1) is 23.3 Å². The van der Waals surface area contributed by atoms with Crippen molar-refractivity contribution in [2.75, 3.05) is 46.6 Å². The number of hydrogen-bond acceptors (Lipinski definition) is 17. The molecule has 0 aromatic heterocycles. The second-order valence-electron chi connectivity index (χ2n) is 22.2. The maximum absolute atomic E-state index is 13.3. The summed E-state index contributed by atoms with van der Waals surface area (Å²) < 4.78 is 177. The zero-order chi connectivity index (χ0) is 71.0. The summed E-state index contributed by atoms with van der Waals surface area (Å²) in [6.07, 6.45) is 4.44. The van der Waals surface area contributed by atoms with Crippen molar-refractivity contribution in [2.24, 2.45) is 4.99 Å². The van der Waals surface area contributed by atoms with E-state index in [4.69, 9.17) is 46.7 Å². The number of fused-ring (bicyclic) bond motifs is 4. The Kier molecular flexibility index (Phi) is 32.9. The van der Waals surface area contributed by atoms with Crippen molar-refractivity contribution in [3.8, 4) is 23.0 Å². The fraction of sp³-hybridized carbons (Fsp3) is 0.271. The number of rotatable bonds is 16. The third kappa shape index (κ3) is 21.7. The van der Waals surface area contributed by atoms with Crippen molar-refractivity contribution in [2.45, 2.75) is 116 Å². The number of carbonyl (C=O) groups is 2. The molecule has 0 bridgehead atoms. The predicted molar refractivity (Wildman–Crippen MR) is 370 cm³/mol. The Morgan fingerprint density at radius 1 is 0.490 bits per heavy atom. The SMILES string of the molecule is C.C.CNCC1CCOc2cc(S(=O)(=O)c3cccc(F)c3)ccc21.Cl.O=C(Cl)CC1CCOc2cc(S(=O)(=O)c3cccc(F)c3)ccc21.O=C(O)CC1CCOc2cc(S(=O)(=O)c3cccc(F)c3)ccc21.O=C=NCC1CCOc2cc(S(=O)(=O)c3cccc(F)c3)ccc21.[N-]=[N+]=[N-].[Na+]. The Morgan fingerprint density at radius 2 is 0.755 bits per heavy atom. The Hall–Kier alpha value is -8.15. The van der Waals surface area contributed by atoms with E-state index in [1.807, 2.05) is 7.05 Å². The van der Waals surface area contributed by atoms with Gasteiger partial charge in [0.2, 0.25) is 50.7 Å². The quantitative estimate of drug-likeness (QED) is 0.0133. The van der Waals surface area contributed by atoms with Crippen molar-refractivity contribution in [3.63, 3.8) is 0 Å². The van der Waals surface area contributed by atoms with Crippen LogP contribution in [0.25, 0.3) is 16.0 Å². The Bertz CT molecular complexity index is 4510. The van der Waals surface area contributed by atoms with E-state index in [0.29, 0.717) is 80.2 Å². The van der Waals surface area contributed by atoms with Crippen LogP contribution in [0.2, 0.25) is 0 Å². The second-order valence-corrected chi connectivity index (χ2v) is 30.4. The smallest absolute Gasteiger partial charge is 0.493 e. The minimum atomic E-state index is -3.87. The fourth-order valence-electron chi connectivity index (χ4n) is 11.1. The molecule has 32 heteroatoms. The molecule has 4 atom stereocenters. The monoisotopic (exact) mass is 1530 g/mol. The molecule has 2 N–H and O–H groups in total. The van der Waals surface area contributed by atoms with Crippen LogP contribution >= 0.6 is 24.0 Å². The van der Waals surface area contributed by atoms with Gasteiger partial charge in [-0.3, -0.25) is 14.5 Å². The average molecular weight is 1540 g/mol. The molecule has 0 radical (unpaired) electrons. The van der Waals surface area contributed by atoms with Crippen LogP contribution in [0.3, 0.4) is 0 Å². The van der Waals surface area contributed by atoms with Gasteiger partial charge in [-0.05, 0) is 194 Å². The van der Waals surface area contributed by atoms with E-state index >= 15 is 0 Å². The predicted octanol–water partition coefficient (Wildman–Crippen LogP) is 11.8. The molecular weight excluding hydrogens is 1460 g/mol.